The van der Waals surface area contributed by atoms with Crippen LogP contribution in [0.25, 0.3) is 0 Å². The molecule has 0 aromatic heterocycles. The summed E-state index contributed by atoms with van der Waals surface area (Å²) in [6.07, 6.45) is 0. The standard InChI is InChI=1S/C11H22N2O4/c1-8(9(14)12-6-7-16-4)13-10(15)11(2,3)17-5/h8H,6-7H2,1-5H3,(H,12,14)(H,13,15). The van der Waals surface area contributed by atoms with Crippen molar-refractivity contribution < 1.29 is 19.1 Å². The highest BCUT2D eigenvalue weighted by molar-refractivity contribution is 5.90. The van der Waals surface area contributed by atoms with E-state index in [2.05, 4.69) is 10.6 Å². The Morgan fingerprint density at radius 3 is 2.35 bits per heavy atom. The van der Waals surface area contributed by atoms with Crippen LogP contribution in [-0.4, -0.2) is 50.8 Å². The first-order valence-corrected chi connectivity index (χ1v) is 5.48. The van der Waals surface area contributed by atoms with Gasteiger partial charge >= 0.3 is 0 Å². The Bertz CT molecular complexity index is 266. The van der Waals surface area contributed by atoms with Crippen LogP contribution < -0.4 is 10.6 Å². The lowest BCUT2D eigenvalue weighted by Gasteiger charge is -2.24. The highest BCUT2D eigenvalue weighted by Gasteiger charge is 2.29. The van der Waals surface area contributed by atoms with Crippen LogP contribution in [0, 0.1) is 0 Å². The number of methoxy groups -OCH3 is 2. The molecule has 0 saturated carbocycles. The number of nitrogens with one attached hydrogen (secondary N) is 2. The van der Waals surface area contributed by atoms with Gasteiger partial charge in [0.2, 0.25) is 5.91 Å². The maximum Gasteiger partial charge on any atom is 0.252 e. The Labute approximate surface area is 102 Å². The molecular formula is C11H22N2O4. The fourth-order valence-electron chi connectivity index (χ4n) is 0.958. The van der Waals surface area contributed by atoms with Crippen molar-refractivity contribution in [3.8, 4) is 0 Å². The minimum absolute atomic E-state index is 0.248. The molecule has 2 amide bonds. The molecule has 0 aromatic rings. The van der Waals surface area contributed by atoms with E-state index in [9.17, 15) is 9.59 Å². The van der Waals surface area contributed by atoms with Gasteiger partial charge in [-0.1, -0.05) is 0 Å². The first-order valence-electron chi connectivity index (χ1n) is 5.48. The zero-order chi connectivity index (χ0) is 13.5. The molecule has 0 aliphatic heterocycles. The summed E-state index contributed by atoms with van der Waals surface area (Å²) in [7, 11) is 3.00. The fourth-order valence-corrected chi connectivity index (χ4v) is 0.958. The maximum absolute atomic E-state index is 11.7. The number of rotatable bonds is 7. The van der Waals surface area contributed by atoms with E-state index in [-0.39, 0.29) is 11.8 Å². The van der Waals surface area contributed by atoms with Gasteiger partial charge in [-0.3, -0.25) is 9.59 Å². The largest absolute Gasteiger partial charge is 0.383 e. The van der Waals surface area contributed by atoms with E-state index in [1.165, 1.54) is 7.11 Å². The molecule has 6 nitrogen and oxygen atoms in total. The second-order valence-corrected chi connectivity index (χ2v) is 4.19. The summed E-state index contributed by atoms with van der Waals surface area (Å²) >= 11 is 0. The predicted octanol–water partition coefficient (Wildman–Crippen LogP) is -0.321. The molecule has 6 heteroatoms. The summed E-state index contributed by atoms with van der Waals surface area (Å²) in [6, 6.07) is -0.603. The van der Waals surface area contributed by atoms with Crippen LogP contribution in [0.4, 0.5) is 0 Å². The van der Waals surface area contributed by atoms with Crippen molar-refractivity contribution in [3.05, 3.63) is 0 Å². The lowest BCUT2D eigenvalue weighted by molar-refractivity contribution is -0.142. The third-order valence-electron chi connectivity index (χ3n) is 2.40. The zero-order valence-corrected chi connectivity index (χ0v) is 11.1. The van der Waals surface area contributed by atoms with Gasteiger partial charge in [-0.05, 0) is 20.8 Å². The minimum atomic E-state index is -0.943. The molecule has 0 spiro atoms. The Hall–Kier alpha value is -1.14. The average Bonchev–Trinajstić information content (AvgIpc) is 2.28. The summed E-state index contributed by atoms with van der Waals surface area (Å²) in [6.45, 7) is 5.75. The molecule has 0 aromatic carbocycles. The molecule has 2 N–H and O–H groups in total. The zero-order valence-electron chi connectivity index (χ0n) is 11.1. The number of hydrogen-bond donors (Lipinski definition) is 2. The summed E-state index contributed by atoms with van der Waals surface area (Å²) in [5.41, 5.74) is -0.943. The summed E-state index contributed by atoms with van der Waals surface area (Å²) in [5.74, 6) is -0.573. The van der Waals surface area contributed by atoms with E-state index in [1.54, 1.807) is 27.9 Å². The average molecular weight is 246 g/mol. The van der Waals surface area contributed by atoms with Gasteiger partial charge in [0, 0.05) is 20.8 Å². The molecule has 1 atom stereocenters. The number of carbonyl (C=O) groups excluding carboxylic acids is 2. The molecular weight excluding hydrogens is 224 g/mol. The van der Waals surface area contributed by atoms with Crippen LogP contribution >= 0.6 is 0 Å². The second-order valence-electron chi connectivity index (χ2n) is 4.19. The third kappa shape index (κ3) is 5.65. The van der Waals surface area contributed by atoms with Gasteiger partial charge in [-0.15, -0.1) is 0 Å². The fraction of sp³-hybridized carbons (Fsp3) is 0.818. The van der Waals surface area contributed by atoms with Gasteiger partial charge in [0.05, 0.1) is 6.61 Å². The molecule has 0 aliphatic rings. The van der Waals surface area contributed by atoms with Crippen LogP contribution in [0.1, 0.15) is 20.8 Å². The van der Waals surface area contributed by atoms with E-state index >= 15 is 0 Å². The highest BCUT2D eigenvalue weighted by Crippen LogP contribution is 2.07. The SMILES string of the molecule is COCCNC(=O)C(C)NC(=O)C(C)(C)OC. The van der Waals surface area contributed by atoms with Gasteiger partial charge < -0.3 is 20.1 Å². The smallest absolute Gasteiger partial charge is 0.252 e. The first-order chi connectivity index (χ1) is 7.85. The van der Waals surface area contributed by atoms with Crippen molar-refractivity contribution in [2.24, 2.45) is 0 Å². The van der Waals surface area contributed by atoms with E-state index < -0.39 is 11.6 Å². The van der Waals surface area contributed by atoms with Crippen LogP contribution in [-0.2, 0) is 19.1 Å². The first kappa shape index (κ1) is 15.9. The molecule has 1 unspecified atom stereocenters. The van der Waals surface area contributed by atoms with E-state index in [1.807, 2.05) is 0 Å². The van der Waals surface area contributed by atoms with Crippen LogP contribution in [0.5, 0.6) is 0 Å². The summed E-state index contributed by atoms with van der Waals surface area (Å²) in [5, 5.41) is 5.22. The maximum atomic E-state index is 11.7. The normalized spacial score (nSPS) is 13.0. The van der Waals surface area contributed by atoms with E-state index in [0.29, 0.717) is 13.2 Å². The van der Waals surface area contributed by atoms with Crippen LogP contribution in [0.3, 0.4) is 0 Å². The molecule has 0 saturated heterocycles. The number of hydrogen-bond acceptors (Lipinski definition) is 4. The number of amides is 2. The topological polar surface area (TPSA) is 76.7 Å². The van der Waals surface area contributed by atoms with Gasteiger partial charge in [-0.25, -0.2) is 0 Å². The third-order valence-corrected chi connectivity index (χ3v) is 2.40. The van der Waals surface area contributed by atoms with Crippen molar-refractivity contribution >= 4 is 11.8 Å². The van der Waals surface area contributed by atoms with Gasteiger partial charge in [0.15, 0.2) is 0 Å². The van der Waals surface area contributed by atoms with E-state index in [0.717, 1.165) is 0 Å². The number of carbonyl (C=O) groups is 2. The predicted molar refractivity (Wildman–Crippen MR) is 63.6 cm³/mol. The molecule has 0 bridgehead atoms. The lowest BCUT2D eigenvalue weighted by atomic mass is 10.1. The molecule has 0 rings (SSSR count). The van der Waals surface area contributed by atoms with E-state index in [4.69, 9.17) is 9.47 Å². The van der Waals surface area contributed by atoms with Gasteiger partial charge in [0.1, 0.15) is 11.6 Å². The highest BCUT2D eigenvalue weighted by atomic mass is 16.5. The summed E-state index contributed by atoms with van der Waals surface area (Å²) in [4.78, 5) is 23.2. The van der Waals surface area contributed by atoms with Crippen molar-refractivity contribution in [3.63, 3.8) is 0 Å². The van der Waals surface area contributed by atoms with Gasteiger partial charge in [0.25, 0.3) is 5.91 Å². The summed E-state index contributed by atoms with van der Waals surface area (Å²) < 4.78 is 9.82. The minimum Gasteiger partial charge on any atom is -0.383 e. The Balaban J connectivity index is 4.12. The Morgan fingerprint density at radius 1 is 1.29 bits per heavy atom. The molecule has 0 heterocycles. The monoisotopic (exact) mass is 246 g/mol. The van der Waals surface area contributed by atoms with Crippen LogP contribution in [0.15, 0.2) is 0 Å². The molecule has 0 radical (unpaired) electrons. The van der Waals surface area contributed by atoms with Crippen molar-refractivity contribution in [2.75, 3.05) is 27.4 Å². The van der Waals surface area contributed by atoms with Crippen molar-refractivity contribution in [1.82, 2.24) is 10.6 Å². The lowest BCUT2D eigenvalue weighted by Crippen LogP contribution is -2.52. The van der Waals surface area contributed by atoms with Gasteiger partial charge in [-0.2, -0.15) is 0 Å². The Morgan fingerprint density at radius 2 is 1.88 bits per heavy atom. The quantitative estimate of drug-likeness (QED) is 0.604. The molecule has 17 heavy (non-hydrogen) atoms. The second kappa shape index (κ2) is 7.24. The molecule has 0 fully saturated rings. The molecule has 0 aliphatic carbocycles. The van der Waals surface area contributed by atoms with Crippen molar-refractivity contribution in [1.29, 1.82) is 0 Å². The van der Waals surface area contributed by atoms with Crippen LogP contribution in [0.2, 0.25) is 0 Å². The number of ether oxygens (including phenoxy) is 2. The molecule has 100 valence electrons. The van der Waals surface area contributed by atoms with Crippen molar-refractivity contribution in [2.45, 2.75) is 32.4 Å². The Kier molecular flexibility index (Phi) is 6.75.